The second kappa shape index (κ2) is 6.18. The van der Waals surface area contributed by atoms with Crippen molar-refractivity contribution in [2.24, 2.45) is 11.8 Å². The van der Waals surface area contributed by atoms with Gasteiger partial charge in [-0.15, -0.1) is 11.3 Å². The van der Waals surface area contributed by atoms with Gasteiger partial charge >= 0.3 is 0 Å². The zero-order valence-corrected chi connectivity index (χ0v) is 13.9. The number of nitrogens with zero attached hydrogens (tertiary/aromatic N) is 2. The largest absolute Gasteiger partial charge is 0.369 e. The molecule has 2 aromatic rings. The van der Waals surface area contributed by atoms with Gasteiger partial charge in [-0.05, 0) is 37.2 Å². The summed E-state index contributed by atoms with van der Waals surface area (Å²) in [6, 6.07) is 2.24. The van der Waals surface area contributed by atoms with Crippen LogP contribution in [-0.4, -0.2) is 23.6 Å². The van der Waals surface area contributed by atoms with E-state index in [-0.39, 0.29) is 0 Å². The third-order valence-corrected chi connectivity index (χ3v) is 5.55. The van der Waals surface area contributed by atoms with Crippen LogP contribution in [0.3, 0.4) is 0 Å². The summed E-state index contributed by atoms with van der Waals surface area (Å²) in [5, 5.41) is 7.81. The van der Waals surface area contributed by atoms with E-state index >= 15 is 0 Å². The highest BCUT2D eigenvalue weighted by Crippen LogP contribution is 2.33. The molecule has 2 unspecified atom stereocenters. The molecule has 3 rings (SSSR count). The topological polar surface area (TPSA) is 49.8 Å². The number of fused-ring (bicyclic) bond motifs is 1. The van der Waals surface area contributed by atoms with Gasteiger partial charge in [0.15, 0.2) is 0 Å². The quantitative estimate of drug-likeness (QED) is 0.871. The zero-order chi connectivity index (χ0) is 14.8. The summed E-state index contributed by atoms with van der Waals surface area (Å²) in [4.78, 5) is 11.6. The maximum Gasteiger partial charge on any atom is 0.225 e. The van der Waals surface area contributed by atoms with Crippen LogP contribution >= 0.6 is 11.3 Å². The van der Waals surface area contributed by atoms with Gasteiger partial charge in [0.1, 0.15) is 10.6 Å². The molecule has 1 fully saturated rings. The minimum Gasteiger partial charge on any atom is -0.369 e. The van der Waals surface area contributed by atoms with E-state index in [0.717, 1.165) is 35.4 Å². The van der Waals surface area contributed by atoms with Crippen LogP contribution in [0.15, 0.2) is 6.07 Å². The molecule has 4 nitrogen and oxygen atoms in total. The molecule has 0 radical (unpaired) electrons. The third kappa shape index (κ3) is 3.12. The van der Waals surface area contributed by atoms with E-state index in [4.69, 9.17) is 0 Å². The second-order valence-electron chi connectivity index (χ2n) is 6.10. The fourth-order valence-corrected chi connectivity index (χ4v) is 4.11. The molecule has 0 saturated heterocycles. The number of nitrogens with one attached hydrogen (secondary N) is 2. The summed E-state index contributed by atoms with van der Waals surface area (Å²) in [6.07, 6.45) is 5.09. The Morgan fingerprint density at radius 2 is 2.19 bits per heavy atom. The highest BCUT2D eigenvalue weighted by molar-refractivity contribution is 7.18. The van der Waals surface area contributed by atoms with Crippen molar-refractivity contribution in [3.63, 3.8) is 0 Å². The molecule has 1 aliphatic rings. The van der Waals surface area contributed by atoms with Crippen LogP contribution in [0.1, 0.15) is 38.0 Å². The van der Waals surface area contributed by atoms with Gasteiger partial charge in [0.2, 0.25) is 5.95 Å². The molecular weight excluding hydrogens is 280 g/mol. The summed E-state index contributed by atoms with van der Waals surface area (Å²) in [5.74, 6) is 3.35. The number of aryl methyl sites for hydroxylation is 1. The first kappa shape index (κ1) is 14.6. The molecule has 5 heteroatoms. The van der Waals surface area contributed by atoms with Crippen molar-refractivity contribution in [1.82, 2.24) is 9.97 Å². The number of aromatic nitrogens is 2. The van der Waals surface area contributed by atoms with Crippen LogP contribution in [0, 0.1) is 11.8 Å². The van der Waals surface area contributed by atoms with Crippen LogP contribution in [-0.2, 0) is 6.42 Å². The number of anilines is 2. The average molecular weight is 304 g/mol. The standard InChI is InChI=1S/C16H24N4S/c1-4-12-8-13-14(18-9-11-6-5-10(2)7-11)19-16(17-3)20-15(13)21-12/h8,10-11H,4-7,9H2,1-3H3,(H2,17,18,19,20). The summed E-state index contributed by atoms with van der Waals surface area (Å²) in [5.41, 5.74) is 0. The van der Waals surface area contributed by atoms with E-state index in [2.05, 4.69) is 40.5 Å². The molecular formula is C16H24N4S. The van der Waals surface area contributed by atoms with Crippen molar-refractivity contribution in [3.05, 3.63) is 10.9 Å². The van der Waals surface area contributed by atoms with Gasteiger partial charge in [-0.2, -0.15) is 4.98 Å². The van der Waals surface area contributed by atoms with Gasteiger partial charge in [-0.1, -0.05) is 20.3 Å². The molecule has 2 N–H and O–H groups in total. The first-order valence-electron chi connectivity index (χ1n) is 7.91. The van der Waals surface area contributed by atoms with Crippen molar-refractivity contribution < 1.29 is 0 Å². The van der Waals surface area contributed by atoms with Crippen molar-refractivity contribution in [2.75, 3.05) is 24.2 Å². The normalized spacial score (nSPS) is 21.9. The number of hydrogen-bond acceptors (Lipinski definition) is 5. The van der Waals surface area contributed by atoms with Gasteiger partial charge in [0, 0.05) is 18.5 Å². The molecule has 2 heterocycles. The van der Waals surface area contributed by atoms with Crippen LogP contribution in [0.5, 0.6) is 0 Å². The maximum atomic E-state index is 4.62. The van der Waals surface area contributed by atoms with Crippen molar-refractivity contribution in [1.29, 1.82) is 0 Å². The monoisotopic (exact) mass is 304 g/mol. The Balaban J connectivity index is 1.83. The Bertz CT molecular complexity index is 622. The van der Waals surface area contributed by atoms with Crippen LogP contribution < -0.4 is 10.6 Å². The zero-order valence-electron chi connectivity index (χ0n) is 13.1. The van der Waals surface area contributed by atoms with E-state index in [9.17, 15) is 0 Å². The van der Waals surface area contributed by atoms with E-state index in [1.807, 2.05) is 7.05 Å². The van der Waals surface area contributed by atoms with Crippen LogP contribution in [0.4, 0.5) is 11.8 Å². The van der Waals surface area contributed by atoms with Crippen LogP contribution in [0.2, 0.25) is 0 Å². The van der Waals surface area contributed by atoms with Gasteiger partial charge in [0.25, 0.3) is 0 Å². The molecule has 21 heavy (non-hydrogen) atoms. The first-order chi connectivity index (χ1) is 10.2. The van der Waals surface area contributed by atoms with Gasteiger partial charge in [-0.25, -0.2) is 4.98 Å². The summed E-state index contributed by atoms with van der Waals surface area (Å²) >= 11 is 1.77. The van der Waals surface area contributed by atoms with Crippen molar-refractivity contribution in [3.8, 4) is 0 Å². The van der Waals surface area contributed by atoms with Gasteiger partial charge in [-0.3, -0.25) is 0 Å². The molecule has 0 amide bonds. The Morgan fingerprint density at radius 3 is 2.86 bits per heavy atom. The van der Waals surface area contributed by atoms with E-state index < -0.39 is 0 Å². The smallest absolute Gasteiger partial charge is 0.225 e. The lowest BCUT2D eigenvalue weighted by Crippen LogP contribution is -2.13. The summed E-state index contributed by atoms with van der Waals surface area (Å²) in [6.45, 7) is 5.56. The predicted molar refractivity (Wildman–Crippen MR) is 91.3 cm³/mol. The highest BCUT2D eigenvalue weighted by Gasteiger charge is 2.21. The number of rotatable bonds is 5. The first-order valence-corrected chi connectivity index (χ1v) is 8.73. The van der Waals surface area contributed by atoms with Gasteiger partial charge < -0.3 is 10.6 Å². The molecule has 1 aliphatic carbocycles. The van der Waals surface area contributed by atoms with Crippen LogP contribution in [0.25, 0.3) is 10.2 Å². The van der Waals surface area contributed by atoms with Crippen molar-refractivity contribution in [2.45, 2.75) is 39.5 Å². The molecule has 2 atom stereocenters. The minimum atomic E-state index is 0.703. The maximum absolute atomic E-state index is 4.62. The molecule has 2 aromatic heterocycles. The molecule has 1 saturated carbocycles. The molecule has 0 spiro atoms. The van der Waals surface area contributed by atoms with E-state index in [1.54, 1.807) is 11.3 Å². The SMILES string of the molecule is CCc1cc2c(NCC3CCC(C)C3)nc(NC)nc2s1. The Morgan fingerprint density at radius 1 is 1.33 bits per heavy atom. The number of hydrogen-bond donors (Lipinski definition) is 2. The summed E-state index contributed by atoms with van der Waals surface area (Å²) in [7, 11) is 1.87. The van der Waals surface area contributed by atoms with Gasteiger partial charge in [0.05, 0.1) is 5.39 Å². The fraction of sp³-hybridized carbons (Fsp3) is 0.625. The van der Waals surface area contributed by atoms with Crippen molar-refractivity contribution >= 4 is 33.3 Å². The predicted octanol–water partition coefficient (Wildman–Crippen LogP) is 4.14. The fourth-order valence-electron chi connectivity index (χ4n) is 3.14. The summed E-state index contributed by atoms with van der Waals surface area (Å²) < 4.78 is 0. The lowest BCUT2D eigenvalue weighted by Gasteiger charge is -2.13. The second-order valence-corrected chi connectivity index (χ2v) is 7.21. The highest BCUT2D eigenvalue weighted by atomic mass is 32.1. The molecule has 0 aliphatic heterocycles. The number of thiophene rings is 1. The van der Waals surface area contributed by atoms with E-state index in [1.165, 1.54) is 29.5 Å². The Hall–Kier alpha value is -1.36. The lowest BCUT2D eigenvalue weighted by atomic mass is 10.1. The molecule has 0 bridgehead atoms. The third-order valence-electron chi connectivity index (χ3n) is 4.38. The van der Waals surface area contributed by atoms with E-state index in [0.29, 0.717) is 5.95 Å². The lowest BCUT2D eigenvalue weighted by molar-refractivity contribution is 0.537. The average Bonchev–Trinajstić information content (AvgIpc) is 3.10. The minimum absolute atomic E-state index is 0.703. The Labute approximate surface area is 130 Å². The Kier molecular flexibility index (Phi) is 4.29. The molecule has 114 valence electrons. The molecule has 0 aromatic carbocycles.